The minimum atomic E-state index is -0.975. The number of carbonyl (C=O) groups is 2. The van der Waals surface area contributed by atoms with Crippen LogP contribution < -0.4 is 5.32 Å². The van der Waals surface area contributed by atoms with E-state index in [9.17, 15) is 9.59 Å². The number of imide groups is 1. The van der Waals surface area contributed by atoms with Gasteiger partial charge in [-0.15, -0.1) is 0 Å². The van der Waals surface area contributed by atoms with Gasteiger partial charge in [0.15, 0.2) is 5.60 Å². The number of cyclic esters (lactones) is 1. The van der Waals surface area contributed by atoms with E-state index in [1.54, 1.807) is 0 Å². The molecule has 5 heteroatoms. The third-order valence-corrected chi connectivity index (χ3v) is 1.11. The van der Waals surface area contributed by atoms with Crippen molar-refractivity contribution < 1.29 is 14.3 Å². The molecule has 0 spiro atoms. The van der Waals surface area contributed by atoms with Crippen LogP contribution in [0.3, 0.4) is 0 Å². The van der Waals surface area contributed by atoms with Gasteiger partial charge in [-0.1, -0.05) is 0 Å². The summed E-state index contributed by atoms with van der Waals surface area (Å²) < 4.78 is 4.56. The van der Waals surface area contributed by atoms with E-state index in [0.29, 0.717) is 0 Å². The molecule has 0 atom stereocenters. The van der Waals surface area contributed by atoms with Crippen LogP contribution in [0.1, 0.15) is 13.8 Å². The molecule has 51 valence electrons. The van der Waals surface area contributed by atoms with Gasteiger partial charge in [-0.25, -0.2) is 4.79 Å². The van der Waals surface area contributed by atoms with Crippen LogP contribution in [0.2, 0.25) is 0 Å². The van der Waals surface area contributed by atoms with Crippen molar-refractivity contribution in [2.45, 2.75) is 19.4 Å². The Morgan fingerprint density at radius 3 is 2.00 bits per heavy atom. The first-order valence-electron chi connectivity index (χ1n) is 2.57. The summed E-state index contributed by atoms with van der Waals surface area (Å²) in [5.41, 5.74) is -0.975. The van der Waals surface area contributed by atoms with Crippen molar-refractivity contribution in [3.05, 3.63) is 0 Å². The van der Waals surface area contributed by atoms with Crippen LogP contribution in [-0.4, -0.2) is 47.2 Å². The summed E-state index contributed by atoms with van der Waals surface area (Å²) in [5, 5.41) is 2.01. The minimum absolute atomic E-state index is 0. The Labute approximate surface area is 80.6 Å². The third kappa shape index (κ3) is 1.71. The second kappa shape index (κ2) is 2.90. The number of hydrogen-bond donors (Lipinski definition) is 1. The van der Waals surface area contributed by atoms with Crippen molar-refractivity contribution in [1.82, 2.24) is 5.32 Å². The number of rotatable bonds is 0. The standard InChI is InChI=1S/C5H7NO3.Na/c1-5(2)3(7)6-4(8)9-5;/h1-2H3,(H,6,7,8);. The van der Waals surface area contributed by atoms with Gasteiger partial charge < -0.3 is 4.74 Å². The maximum atomic E-state index is 10.6. The predicted octanol–water partition coefficient (Wildman–Crippen LogP) is -0.349. The Hall–Kier alpha value is -0.0600. The maximum absolute atomic E-state index is 10.6. The van der Waals surface area contributed by atoms with Crippen LogP contribution in [0.5, 0.6) is 0 Å². The van der Waals surface area contributed by atoms with Crippen molar-refractivity contribution in [1.29, 1.82) is 0 Å². The fourth-order valence-corrected chi connectivity index (χ4v) is 0.547. The number of nitrogens with one attached hydrogen (secondary N) is 1. The number of amides is 2. The molecular weight excluding hydrogens is 145 g/mol. The second-order valence-corrected chi connectivity index (χ2v) is 2.35. The van der Waals surface area contributed by atoms with Crippen molar-refractivity contribution in [3.8, 4) is 0 Å². The fourth-order valence-electron chi connectivity index (χ4n) is 0.547. The SMILES string of the molecule is CC1(C)OC(=O)NC1=O.[Na]. The van der Waals surface area contributed by atoms with Crippen molar-refractivity contribution >= 4 is 41.6 Å². The summed E-state index contributed by atoms with van der Waals surface area (Å²) in [6, 6.07) is 0. The van der Waals surface area contributed by atoms with Crippen LogP contribution in [0.25, 0.3) is 0 Å². The van der Waals surface area contributed by atoms with Crippen LogP contribution in [-0.2, 0) is 9.53 Å². The normalized spacial score (nSPS) is 21.0. The first kappa shape index (κ1) is 9.94. The number of hydrogen-bond acceptors (Lipinski definition) is 3. The van der Waals surface area contributed by atoms with Gasteiger partial charge in [-0.2, -0.15) is 0 Å². The largest absolute Gasteiger partial charge is 0.433 e. The number of ether oxygens (including phenoxy) is 1. The summed E-state index contributed by atoms with van der Waals surface area (Å²) in [6.07, 6.45) is -0.662. The molecule has 1 aliphatic heterocycles. The van der Waals surface area contributed by atoms with E-state index in [2.05, 4.69) is 4.74 Å². The van der Waals surface area contributed by atoms with Gasteiger partial charge in [-0.05, 0) is 13.8 Å². The van der Waals surface area contributed by atoms with Crippen LogP contribution >= 0.6 is 0 Å². The Morgan fingerprint density at radius 2 is 1.90 bits per heavy atom. The molecular formula is C5H7NNaO3. The summed E-state index contributed by atoms with van der Waals surface area (Å²) >= 11 is 0. The average Bonchev–Trinajstić information content (AvgIpc) is 1.79. The van der Waals surface area contributed by atoms with Gasteiger partial charge >= 0.3 is 6.09 Å². The van der Waals surface area contributed by atoms with Gasteiger partial charge in [0.05, 0.1) is 0 Å². The quantitative estimate of drug-likeness (QED) is 0.483. The zero-order valence-electron chi connectivity index (χ0n) is 6.22. The van der Waals surface area contributed by atoms with E-state index in [4.69, 9.17) is 0 Å². The van der Waals surface area contributed by atoms with E-state index in [1.807, 2.05) is 5.32 Å². The molecule has 1 saturated heterocycles. The Kier molecular flexibility index (Phi) is 2.88. The molecule has 0 aromatic heterocycles. The first-order valence-corrected chi connectivity index (χ1v) is 2.57. The summed E-state index contributed by atoms with van der Waals surface area (Å²) in [7, 11) is 0. The summed E-state index contributed by atoms with van der Waals surface area (Å²) in [4.78, 5) is 21.0. The molecule has 2 amide bonds. The molecule has 1 aliphatic rings. The second-order valence-electron chi connectivity index (χ2n) is 2.35. The Bertz CT molecular complexity index is 178. The van der Waals surface area contributed by atoms with Crippen LogP contribution in [0.15, 0.2) is 0 Å². The first-order chi connectivity index (χ1) is 4.02. The minimum Gasteiger partial charge on any atom is -0.433 e. The molecule has 1 fully saturated rings. The van der Waals surface area contributed by atoms with E-state index < -0.39 is 11.7 Å². The zero-order valence-corrected chi connectivity index (χ0v) is 8.22. The third-order valence-electron chi connectivity index (χ3n) is 1.11. The Morgan fingerprint density at radius 1 is 1.40 bits per heavy atom. The number of carbonyl (C=O) groups excluding carboxylic acids is 2. The molecule has 1 rings (SSSR count). The topological polar surface area (TPSA) is 55.4 Å². The van der Waals surface area contributed by atoms with Gasteiger partial charge in [0.2, 0.25) is 0 Å². The van der Waals surface area contributed by atoms with Crippen LogP contribution in [0, 0.1) is 0 Å². The van der Waals surface area contributed by atoms with Crippen LogP contribution in [0.4, 0.5) is 4.79 Å². The van der Waals surface area contributed by atoms with Crippen molar-refractivity contribution in [2.24, 2.45) is 0 Å². The average molecular weight is 152 g/mol. The van der Waals surface area contributed by atoms with Gasteiger partial charge in [0.1, 0.15) is 0 Å². The predicted molar refractivity (Wildman–Crippen MR) is 34.5 cm³/mol. The fraction of sp³-hybridized carbons (Fsp3) is 0.600. The van der Waals surface area contributed by atoms with E-state index in [0.717, 1.165) is 0 Å². The molecule has 0 aromatic rings. The molecule has 0 unspecified atom stereocenters. The maximum Gasteiger partial charge on any atom is 0.415 e. The van der Waals surface area contributed by atoms with Gasteiger partial charge in [0.25, 0.3) is 5.91 Å². The van der Waals surface area contributed by atoms with Crippen molar-refractivity contribution in [3.63, 3.8) is 0 Å². The molecule has 10 heavy (non-hydrogen) atoms. The van der Waals surface area contributed by atoms with Gasteiger partial charge in [0, 0.05) is 29.6 Å². The smallest absolute Gasteiger partial charge is 0.415 e. The molecule has 0 aliphatic carbocycles. The zero-order chi connectivity index (χ0) is 7.07. The molecule has 1 radical (unpaired) electrons. The van der Waals surface area contributed by atoms with E-state index in [-0.39, 0.29) is 35.5 Å². The monoisotopic (exact) mass is 152 g/mol. The number of alkyl carbamates (subject to hydrolysis) is 1. The molecule has 4 nitrogen and oxygen atoms in total. The summed E-state index contributed by atoms with van der Waals surface area (Å²) in [6.45, 7) is 3.07. The van der Waals surface area contributed by atoms with Gasteiger partial charge in [-0.3, -0.25) is 10.1 Å². The van der Waals surface area contributed by atoms with E-state index in [1.165, 1.54) is 13.8 Å². The molecule has 1 heterocycles. The molecule has 1 N–H and O–H groups in total. The van der Waals surface area contributed by atoms with Crippen molar-refractivity contribution in [2.75, 3.05) is 0 Å². The van der Waals surface area contributed by atoms with E-state index >= 15 is 0 Å². The molecule has 0 saturated carbocycles. The molecule has 0 bridgehead atoms. The molecule has 0 aromatic carbocycles. The summed E-state index contributed by atoms with van der Waals surface area (Å²) in [5.74, 6) is -0.382. The Balaban J connectivity index is 0.000000810.